The van der Waals surface area contributed by atoms with Gasteiger partial charge in [0.25, 0.3) is 0 Å². The van der Waals surface area contributed by atoms with Crippen LogP contribution < -0.4 is 0 Å². The van der Waals surface area contributed by atoms with Crippen molar-refractivity contribution in [3.8, 4) is 11.8 Å². The second kappa shape index (κ2) is 8.15. The van der Waals surface area contributed by atoms with Crippen LogP contribution in [-0.4, -0.2) is 35.8 Å². The van der Waals surface area contributed by atoms with E-state index in [0.29, 0.717) is 0 Å². The maximum absolute atomic E-state index is 11.8. The van der Waals surface area contributed by atoms with E-state index in [2.05, 4.69) is 37.8 Å². The molecule has 1 aliphatic carbocycles. The van der Waals surface area contributed by atoms with Gasteiger partial charge in [0.2, 0.25) is 0 Å². The van der Waals surface area contributed by atoms with E-state index in [1.165, 1.54) is 58.2 Å². The quantitative estimate of drug-likeness (QED) is 0.591. The van der Waals surface area contributed by atoms with Gasteiger partial charge >= 0.3 is 0 Å². The Morgan fingerprint density at radius 1 is 1.04 bits per heavy atom. The first-order valence-corrected chi connectivity index (χ1v) is 10.7. The van der Waals surface area contributed by atoms with Crippen molar-refractivity contribution in [1.29, 1.82) is 0 Å². The first-order chi connectivity index (χ1) is 12.5. The van der Waals surface area contributed by atoms with Gasteiger partial charge in [-0.2, -0.15) is 0 Å². The van der Waals surface area contributed by atoms with Crippen LogP contribution in [0.15, 0.2) is 30.3 Å². The van der Waals surface area contributed by atoms with Crippen molar-refractivity contribution < 1.29 is 9.59 Å². The Balaban J connectivity index is 1.88. The van der Waals surface area contributed by atoms with Crippen molar-refractivity contribution >= 4 is 0 Å². The molecular formula is C24H36NO+. The Hall–Kier alpha value is -1.30. The van der Waals surface area contributed by atoms with Crippen LogP contribution >= 0.6 is 0 Å². The Morgan fingerprint density at radius 2 is 1.69 bits per heavy atom. The lowest BCUT2D eigenvalue weighted by Gasteiger charge is -2.41. The molecule has 142 valence electrons. The third kappa shape index (κ3) is 3.85. The summed E-state index contributed by atoms with van der Waals surface area (Å²) in [6.07, 6.45) is 9.73. The Labute approximate surface area is 160 Å². The zero-order valence-corrected chi connectivity index (χ0v) is 16.8. The van der Waals surface area contributed by atoms with Crippen LogP contribution in [0.2, 0.25) is 0 Å². The lowest BCUT2D eigenvalue weighted by molar-refractivity contribution is -0.926. The van der Waals surface area contributed by atoms with Crippen LogP contribution in [0, 0.1) is 17.3 Å². The van der Waals surface area contributed by atoms with E-state index in [4.69, 9.17) is 0 Å². The molecule has 1 saturated carbocycles. The lowest BCUT2D eigenvalue weighted by Crippen LogP contribution is -2.52. The van der Waals surface area contributed by atoms with Crippen molar-refractivity contribution in [2.24, 2.45) is 5.41 Å². The van der Waals surface area contributed by atoms with Gasteiger partial charge in [-0.3, -0.25) is 0 Å². The van der Waals surface area contributed by atoms with Gasteiger partial charge in [0.1, 0.15) is 6.54 Å². The number of aliphatic hydroxyl groups is 1. The zero-order valence-electron chi connectivity index (χ0n) is 16.8. The third-order valence-electron chi connectivity index (χ3n) is 6.92. The maximum atomic E-state index is 11.8. The normalized spacial score (nSPS) is 23.7. The predicted molar refractivity (Wildman–Crippen MR) is 109 cm³/mol. The molecule has 1 aliphatic heterocycles. The molecule has 1 N–H and O–H groups in total. The molecular weight excluding hydrogens is 318 g/mol. The molecule has 0 aromatic heterocycles. The molecule has 1 heterocycles. The van der Waals surface area contributed by atoms with E-state index in [1.54, 1.807) is 0 Å². The smallest absolute Gasteiger partial charge is 0.156 e. The summed E-state index contributed by atoms with van der Waals surface area (Å²) in [5.74, 6) is 6.91. The predicted octanol–water partition coefficient (Wildman–Crippen LogP) is 4.87. The lowest BCUT2D eigenvalue weighted by atomic mass is 9.68. The van der Waals surface area contributed by atoms with Gasteiger partial charge in [-0.25, -0.2) is 0 Å². The van der Waals surface area contributed by atoms with Crippen LogP contribution in [0.4, 0.5) is 0 Å². The standard InChI is InChI=1S/C24H36NO/c1-3-18-25(19-10-5-11-20-25)21-12-17-24(26,22-13-6-4-7-14-22)23(2)15-8-9-16-23/h4,6-7,13-14,26H,3,5,8-11,15-16,18-21H2,1-2H3/q+1/t24-/m1/s1. The molecule has 26 heavy (non-hydrogen) atoms. The molecule has 2 heteroatoms. The number of likely N-dealkylation sites (tertiary alicyclic amines) is 1. The number of hydrogen-bond acceptors (Lipinski definition) is 1. The molecule has 1 saturated heterocycles. The first-order valence-electron chi connectivity index (χ1n) is 10.7. The zero-order chi connectivity index (χ0) is 18.5. The highest BCUT2D eigenvalue weighted by Gasteiger charge is 2.48. The van der Waals surface area contributed by atoms with Crippen LogP contribution in [0.5, 0.6) is 0 Å². The highest BCUT2D eigenvalue weighted by atomic mass is 16.3. The highest BCUT2D eigenvalue weighted by Crippen LogP contribution is 2.50. The fourth-order valence-electron chi connectivity index (χ4n) is 5.22. The molecule has 0 unspecified atom stereocenters. The van der Waals surface area contributed by atoms with E-state index in [0.717, 1.165) is 29.4 Å². The van der Waals surface area contributed by atoms with Gasteiger partial charge in [0, 0.05) is 5.41 Å². The third-order valence-corrected chi connectivity index (χ3v) is 6.92. The van der Waals surface area contributed by atoms with Crippen molar-refractivity contribution in [1.82, 2.24) is 0 Å². The van der Waals surface area contributed by atoms with Gasteiger partial charge in [-0.15, -0.1) is 0 Å². The second-order valence-electron chi connectivity index (χ2n) is 8.88. The molecule has 0 amide bonds. The Morgan fingerprint density at radius 3 is 2.31 bits per heavy atom. The summed E-state index contributed by atoms with van der Waals surface area (Å²) in [6.45, 7) is 9.13. The van der Waals surface area contributed by atoms with Gasteiger partial charge in [-0.05, 0) is 50.0 Å². The molecule has 1 aromatic carbocycles. The number of nitrogens with zero attached hydrogens (tertiary/aromatic N) is 1. The summed E-state index contributed by atoms with van der Waals surface area (Å²) in [4.78, 5) is 0. The first kappa shape index (κ1) is 19.5. The number of rotatable bonds is 5. The Kier molecular flexibility index (Phi) is 6.10. The van der Waals surface area contributed by atoms with Gasteiger partial charge in [0.05, 0.1) is 19.6 Å². The SMILES string of the molecule is CCC[N+]1(CC#C[C@@](O)(c2ccccc2)C2(C)CCCC2)CCCCC1. The van der Waals surface area contributed by atoms with E-state index in [1.807, 2.05) is 18.2 Å². The maximum Gasteiger partial charge on any atom is 0.156 e. The van der Waals surface area contributed by atoms with Crippen LogP contribution in [0.25, 0.3) is 0 Å². The monoisotopic (exact) mass is 354 g/mol. The van der Waals surface area contributed by atoms with Crippen molar-refractivity contribution in [3.63, 3.8) is 0 Å². The molecule has 3 rings (SSSR count). The van der Waals surface area contributed by atoms with Gasteiger partial charge in [-0.1, -0.05) is 62.9 Å². The number of benzene rings is 1. The minimum absolute atomic E-state index is 0.140. The van der Waals surface area contributed by atoms with Gasteiger partial charge < -0.3 is 9.59 Å². The van der Waals surface area contributed by atoms with Crippen LogP contribution in [-0.2, 0) is 5.60 Å². The summed E-state index contributed by atoms with van der Waals surface area (Å²) < 4.78 is 1.13. The Bertz CT molecular complexity index is 624. The second-order valence-corrected chi connectivity index (χ2v) is 8.88. The topological polar surface area (TPSA) is 20.2 Å². The van der Waals surface area contributed by atoms with E-state index < -0.39 is 5.60 Å². The van der Waals surface area contributed by atoms with Crippen molar-refractivity contribution in [2.45, 2.75) is 70.8 Å². The summed E-state index contributed by atoms with van der Waals surface area (Å²) >= 11 is 0. The number of hydrogen-bond donors (Lipinski definition) is 1. The molecule has 2 fully saturated rings. The minimum atomic E-state index is -1.03. The summed E-state index contributed by atoms with van der Waals surface area (Å²) in [5, 5.41) is 11.8. The summed E-state index contributed by atoms with van der Waals surface area (Å²) in [6, 6.07) is 10.2. The molecule has 1 aromatic rings. The minimum Gasteiger partial charge on any atom is -0.373 e. The van der Waals surface area contributed by atoms with E-state index in [9.17, 15) is 5.11 Å². The average molecular weight is 355 g/mol. The van der Waals surface area contributed by atoms with E-state index >= 15 is 0 Å². The largest absolute Gasteiger partial charge is 0.373 e. The molecule has 0 radical (unpaired) electrons. The van der Waals surface area contributed by atoms with Crippen LogP contribution in [0.1, 0.15) is 70.8 Å². The highest BCUT2D eigenvalue weighted by molar-refractivity contribution is 5.35. The molecule has 0 bridgehead atoms. The fraction of sp³-hybridized carbons (Fsp3) is 0.667. The molecule has 2 nitrogen and oxygen atoms in total. The fourth-order valence-corrected chi connectivity index (χ4v) is 5.22. The summed E-state index contributed by atoms with van der Waals surface area (Å²) in [7, 11) is 0. The molecule has 0 spiro atoms. The van der Waals surface area contributed by atoms with E-state index in [-0.39, 0.29) is 5.41 Å². The molecule has 2 aliphatic rings. The number of quaternary nitrogens is 1. The number of piperidine rings is 1. The van der Waals surface area contributed by atoms with Crippen molar-refractivity contribution in [3.05, 3.63) is 35.9 Å². The van der Waals surface area contributed by atoms with Crippen molar-refractivity contribution in [2.75, 3.05) is 26.2 Å². The average Bonchev–Trinajstić information content (AvgIpc) is 3.11. The van der Waals surface area contributed by atoms with Crippen LogP contribution in [0.3, 0.4) is 0 Å². The summed E-state index contributed by atoms with van der Waals surface area (Å²) in [5.41, 5.74) is -0.201. The van der Waals surface area contributed by atoms with Gasteiger partial charge in [0.15, 0.2) is 5.60 Å². The molecule has 1 atom stereocenters.